The topological polar surface area (TPSA) is 107 Å². The number of Topliss-reactive ketones (excluding diaryl/α,β-unsaturated/α-hetero) is 1. The lowest BCUT2D eigenvalue weighted by Crippen LogP contribution is -2.46. The number of likely N-dealkylation sites (N-methyl/N-ethyl adjacent to an activating group) is 1. The fourth-order valence-corrected chi connectivity index (χ4v) is 2.64. The number of nitrogens with zero attached hydrogens (tertiary/aromatic N) is 5. The Bertz CT molecular complexity index is 1060. The van der Waals surface area contributed by atoms with E-state index in [-0.39, 0.29) is 11.4 Å². The van der Waals surface area contributed by atoms with Crippen LogP contribution < -0.4 is 11.2 Å². The summed E-state index contributed by atoms with van der Waals surface area (Å²) in [5, 5.41) is 8.42. The molecule has 3 rings (SSSR count). The van der Waals surface area contributed by atoms with Gasteiger partial charge in [0, 0.05) is 20.3 Å². The minimum Gasteiger partial charge on any atom is -0.287 e. The molecule has 134 valence electrons. The number of benzene rings is 1. The summed E-state index contributed by atoms with van der Waals surface area (Å²) in [7, 11) is 2.58. The molecular formula is C16H14FN5O4. The molecule has 1 aliphatic rings. The Morgan fingerprint density at radius 2 is 1.77 bits per heavy atom. The molecule has 1 aromatic carbocycles. The largest absolute Gasteiger partial charge is 0.351 e. The van der Waals surface area contributed by atoms with Crippen LogP contribution in [0.2, 0.25) is 0 Å². The molecule has 0 fully saturated rings. The van der Waals surface area contributed by atoms with Gasteiger partial charge in [-0.3, -0.25) is 14.4 Å². The van der Waals surface area contributed by atoms with Gasteiger partial charge in [0.1, 0.15) is 17.4 Å². The predicted molar refractivity (Wildman–Crippen MR) is 88.8 cm³/mol. The molecule has 1 amide bonds. The first kappa shape index (κ1) is 17.4. The Labute approximate surface area is 146 Å². The van der Waals surface area contributed by atoms with Crippen molar-refractivity contribution in [1.82, 2.24) is 19.4 Å². The quantitative estimate of drug-likeness (QED) is 0.671. The number of rotatable bonds is 2. The van der Waals surface area contributed by atoms with Gasteiger partial charge in [0.2, 0.25) is 5.78 Å². The van der Waals surface area contributed by atoms with Crippen LogP contribution in [0.15, 0.2) is 32.9 Å². The van der Waals surface area contributed by atoms with E-state index >= 15 is 0 Å². The number of hydrogen-bond acceptors (Lipinski definition) is 6. The van der Waals surface area contributed by atoms with Crippen LogP contribution in [0.25, 0.3) is 5.69 Å². The summed E-state index contributed by atoms with van der Waals surface area (Å²) in [5.41, 5.74) is -1.57. The van der Waals surface area contributed by atoms with E-state index in [1.165, 1.54) is 26.2 Å². The maximum Gasteiger partial charge on any atom is 0.351 e. The average molecular weight is 359 g/mol. The van der Waals surface area contributed by atoms with E-state index in [2.05, 4.69) is 10.2 Å². The van der Waals surface area contributed by atoms with Crippen molar-refractivity contribution in [2.75, 3.05) is 7.05 Å². The zero-order valence-electron chi connectivity index (χ0n) is 14.1. The van der Waals surface area contributed by atoms with Crippen molar-refractivity contribution in [3.63, 3.8) is 0 Å². The van der Waals surface area contributed by atoms with E-state index in [0.717, 1.165) is 22.0 Å². The van der Waals surface area contributed by atoms with E-state index in [4.69, 9.17) is 0 Å². The fourth-order valence-electron chi connectivity index (χ4n) is 2.64. The number of hydrogen-bond donors (Lipinski definition) is 0. The predicted octanol–water partition coefficient (Wildman–Crippen LogP) is -0.511. The summed E-state index contributed by atoms with van der Waals surface area (Å²) in [4.78, 5) is 49.3. The zero-order valence-corrected chi connectivity index (χ0v) is 14.1. The van der Waals surface area contributed by atoms with Gasteiger partial charge < -0.3 is 0 Å². The molecule has 0 saturated heterocycles. The average Bonchev–Trinajstić information content (AvgIpc) is 2.56. The lowest BCUT2D eigenvalue weighted by Gasteiger charge is -2.20. The fraction of sp³-hybridized carbons (Fsp3) is 0.250. The Kier molecular flexibility index (Phi) is 4.10. The highest BCUT2D eigenvalue weighted by Crippen LogP contribution is 2.15. The van der Waals surface area contributed by atoms with E-state index in [9.17, 15) is 23.6 Å². The van der Waals surface area contributed by atoms with Crippen LogP contribution in [0.4, 0.5) is 4.39 Å². The standard InChI is InChI=1S/C16H14FN5O4/c1-8-4-9(17)6-10(5-8)22-14(24)12(19-21(3)16(22)26)11-7-18-20(2)15(25)13(11)23/h4-7,11H,1-3H3. The van der Waals surface area contributed by atoms with Gasteiger partial charge in [0.15, 0.2) is 0 Å². The maximum absolute atomic E-state index is 13.7. The molecule has 10 heteroatoms. The van der Waals surface area contributed by atoms with Crippen LogP contribution >= 0.6 is 0 Å². The van der Waals surface area contributed by atoms with Crippen LogP contribution in [0.1, 0.15) is 17.2 Å². The summed E-state index contributed by atoms with van der Waals surface area (Å²) in [6.45, 7) is 1.61. The molecule has 1 atom stereocenters. The minimum atomic E-state index is -1.32. The van der Waals surface area contributed by atoms with E-state index < -0.39 is 34.7 Å². The van der Waals surface area contributed by atoms with Gasteiger partial charge in [-0.15, -0.1) is 0 Å². The number of halogens is 1. The summed E-state index contributed by atoms with van der Waals surface area (Å²) in [5.74, 6) is -3.74. The van der Waals surface area contributed by atoms with Gasteiger partial charge in [-0.25, -0.2) is 23.4 Å². The zero-order chi connectivity index (χ0) is 19.2. The van der Waals surface area contributed by atoms with Crippen molar-refractivity contribution < 1.29 is 14.0 Å². The monoisotopic (exact) mass is 359 g/mol. The molecule has 0 aliphatic carbocycles. The first-order valence-electron chi connectivity index (χ1n) is 7.54. The van der Waals surface area contributed by atoms with Crippen molar-refractivity contribution >= 4 is 17.9 Å². The van der Waals surface area contributed by atoms with Crippen LogP contribution in [-0.2, 0) is 16.6 Å². The van der Waals surface area contributed by atoms with E-state index in [1.807, 2.05) is 0 Å². The van der Waals surface area contributed by atoms with Crippen molar-refractivity contribution in [3.05, 3.63) is 56.1 Å². The third-order valence-electron chi connectivity index (χ3n) is 3.90. The highest BCUT2D eigenvalue weighted by atomic mass is 19.1. The molecule has 2 heterocycles. The van der Waals surface area contributed by atoms with Gasteiger partial charge in [-0.1, -0.05) is 0 Å². The third-order valence-corrected chi connectivity index (χ3v) is 3.90. The highest BCUT2D eigenvalue weighted by molar-refractivity contribution is 6.42. The number of hydrazone groups is 1. The number of ketones is 1. The van der Waals surface area contributed by atoms with Gasteiger partial charge in [-0.05, 0) is 30.7 Å². The second-order valence-electron chi connectivity index (χ2n) is 5.85. The van der Waals surface area contributed by atoms with E-state index in [1.54, 1.807) is 6.92 Å². The number of aromatic nitrogens is 3. The van der Waals surface area contributed by atoms with Crippen LogP contribution in [-0.4, -0.2) is 44.3 Å². The smallest absolute Gasteiger partial charge is 0.287 e. The number of aryl methyl sites for hydroxylation is 2. The Balaban J connectivity index is 2.28. The van der Waals surface area contributed by atoms with Crippen molar-refractivity contribution in [1.29, 1.82) is 0 Å². The van der Waals surface area contributed by atoms with Crippen LogP contribution in [0.3, 0.4) is 0 Å². The number of amides is 1. The molecule has 1 aliphatic heterocycles. The lowest BCUT2D eigenvalue weighted by atomic mass is 10.00. The number of carbonyl (C=O) groups excluding carboxylic acids is 2. The summed E-state index contributed by atoms with van der Waals surface area (Å²) < 4.78 is 15.3. The van der Waals surface area contributed by atoms with Gasteiger partial charge in [-0.2, -0.15) is 10.2 Å². The van der Waals surface area contributed by atoms with Gasteiger partial charge >= 0.3 is 11.6 Å². The van der Waals surface area contributed by atoms with Gasteiger partial charge in [0.25, 0.3) is 5.56 Å². The summed E-state index contributed by atoms with van der Waals surface area (Å²) in [6.07, 6.45) is 1.11. The number of carbonyl (C=O) groups is 2. The van der Waals surface area contributed by atoms with Crippen molar-refractivity contribution in [2.45, 2.75) is 12.8 Å². The Morgan fingerprint density at radius 1 is 1.08 bits per heavy atom. The molecule has 1 aromatic heterocycles. The van der Waals surface area contributed by atoms with Crippen molar-refractivity contribution in [3.8, 4) is 5.69 Å². The van der Waals surface area contributed by atoms with Gasteiger partial charge in [0.05, 0.1) is 5.69 Å². The molecule has 0 N–H and O–H groups in total. The Morgan fingerprint density at radius 3 is 2.42 bits per heavy atom. The molecular weight excluding hydrogens is 345 g/mol. The normalized spacial score (nSPS) is 17.1. The molecule has 0 radical (unpaired) electrons. The molecule has 1 unspecified atom stereocenters. The molecule has 26 heavy (non-hydrogen) atoms. The molecule has 0 spiro atoms. The second-order valence-corrected chi connectivity index (χ2v) is 5.85. The maximum atomic E-state index is 13.7. The summed E-state index contributed by atoms with van der Waals surface area (Å²) in [6, 6.07) is 3.72. The lowest BCUT2D eigenvalue weighted by molar-refractivity contribution is -0.144. The van der Waals surface area contributed by atoms with E-state index in [0.29, 0.717) is 10.1 Å². The first-order chi connectivity index (χ1) is 12.2. The first-order valence-corrected chi connectivity index (χ1v) is 7.54. The molecule has 0 saturated carbocycles. The summed E-state index contributed by atoms with van der Waals surface area (Å²) >= 11 is 0. The minimum absolute atomic E-state index is 0.000363. The second kappa shape index (κ2) is 6.14. The molecule has 9 nitrogen and oxygen atoms in total. The highest BCUT2D eigenvalue weighted by Gasteiger charge is 2.35. The Hall–Kier alpha value is -3.43. The molecule has 0 bridgehead atoms. The molecule has 2 aromatic rings. The SMILES string of the molecule is Cc1cc(F)cc(-n2c(=O)c(C3C=NN(C)C(=O)C3=O)nn(C)c2=O)c1. The third kappa shape index (κ3) is 2.75. The van der Waals surface area contributed by atoms with Crippen LogP contribution in [0.5, 0.6) is 0 Å². The van der Waals surface area contributed by atoms with Crippen LogP contribution in [0, 0.1) is 12.7 Å². The van der Waals surface area contributed by atoms with Crippen molar-refractivity contribution in [2.24, 2.45) is 12.1 Å².